The van der Waals surface area contributed by atoms with Crippen LogP contribution in [0.1, 0.15) is 22.0 Å². The van der Waals surface area contributed by atoms with Gasteiger partial charge in [-0.15, -0.1) is 0 Å². The van der Waals surface area contributed by atoms with Crippen LogP contribution < -0.4 is 0 Å². The highest BCUT2D eigenvalue weighted by molar-refractivity contribution is 6.30. The monoisotopic (exact) mass is 342 g/mol. The molecular formula is C17H15ClN4O2. The average molecular weight is 343 g/mol. The molecule has 1 saturated heterocycles. The van der Waals surface area contributed by atoms with E-state index in [1.165, 1.54) is 6.33 Å². The molecule has 1 fully saturated rings. The van der Waals surface area contributed by atoms with Gasteiger partial charge in [0.15, 0.2) is 5.65 Å². The second-order valence-corrected chi connectivity index (χ2v) is 6.08. The van der Waals surface area contributed by atoms with Crippen molar-refractivity contribution >= 4 is 23.2 Å². The Kier molecular flexibility index (Phi) is 3.92. The number of hydrogen-bond acceptors (Lipinski definition) is 4. The maximum absolute atomic E-state index is 12.8. The van der Waals surface area contributed by atoms with Crippen LogP contribution in [0.15, 0.2) is 48.9 Å². The molecule has 7 heteroatoms. The van der Waals surface area contributed by atoms with Crippen molar-refractivity contribution in [3.05, 3.63) is 65.1 Å². The molecule has 122 valence electrons. The van der Waals surface area contributed by atoms with Crippen LogP contribution in [0, 0.1) is 0 Å². The van der Waals surface area contributed by atoms with Gasteiger partial charge in [0, 0.05) is 23.3 Å². The summed E-state index contributed by atoms with van der Waals surface area (Å²) in [5, 5.41) is 4.70. The van der Waals surface area contributed by atoms with Gasteiger partial charge in [-0.3, -0.25) is 4.79 Å². The molecule has 1 atom stereocenters. The summed E-state index contributed by atoms with van der Waals surface area (Å²) >= 11 is 6.05. The number of fused-ring (bicyclic) bond motifs is 1. The number of carbonyl (C=O) groups excluding carboxylic acids is 1. The summed E-state index contributed by atoms with van der Waals surface area (Å²) in [5.74, 6) is -0.0316. The first-order chi connectivity index (χ1) is 11.7. The fourth-order valence-corrected chi connectivity index (χ4v) is 3.07. The highest BCUT2D eigenvalue weighted by Crippen LogP contribution is 2.25. The normalized spacial score (nSPS) is 18.0. The minimum Gasteiger partial charge on any atom is -0.370 e. The van der Waals surface area contributed by atoms with E-state index in [1.54, 1.807) is 27.7 Å². The van der Waals surface area contributed by atoms with Crippen molar-refractivity contribution < 1.29 is 9.53 Å². The van der Waals surface area contributed by atoms with Gasteiger partial charge in [0.1, 0.15) is 12.4 Å². The number of aromatic nitrogens is 3. The highest BCUT2D eigenvalue weighted by atomic mass is 35.5. The summed E-state index contributed by atoms with van der Waals surface area (Å²) in [6.07, 6.45) is 3.04. The first kappa shape index (κ1) is 15.1. The largest absolute Gasteiger partial charge is 0.370 e. The Morgan fingerprint density at radius 3 is 3.08 bits per heavy atom. The molecule has 4 rings (SSSR count). The SMILES string of the molecule is O=C(c1ccn2ncnc2c1)N1CCOC(c2cccc(Cl)c2)C1. The quantitative estimate of drug-likeness (QED) is 0.718. The predicted molar refractivity (Wildman–Crippen MR) is 89.0 cm³/mol. The molecule has 1 aromatic carbocycles. The van der Waals surface area contributed by atoms with Gasteiger partial charge in [0.2, 0.25) is 0 Å². The van der Waals surface area contributed by atoms with Gasteiger partial charge >= 0.3 is 0 Å². The number of halogens is 1. The van der Waals surface area contributed by atoms with Crippen LogP contribution in [0.5, 0.6) is 0 Å². The molecule has 3 aromatic rings. The fourth-order valence-electron chi connectivity index (χ4n) is 2.87. The molecule has 24 heavy (non-hydrogen) atoms. The number of rotatable bonds is 2. The maximum atomic E-state index is 12.8. The summed E-state index contributed by atoms with van der Waals surface area (Å²) in [5.41, 5.74) is 2.23. The Hall–Kier alpha value is -2.44. The number of ether oxygens (including phenoxy) is 1. The first-order valence-corrected chi connectivity index (χ1v) is 8.04. The molecule has 3 heterocycles. The molecular weight excluding hydrogens is 328 g/mol. The molecule has 0 spiro atoms. The molecule has 1 aliphatic heterocycles. The van der Waals surface area contributed by atoms with E-state index in [9.17, 15) is 4.79 Å². The van der Waals surface area contributed by atoms with Crippen molar-refractivity contribution in [3.8, 4) is 0 Å². The lowest BCUT2D eigenvalue weighted by atomic mass is 10.1. The second-order valence-electron chi connectivity index (χ2n) is 5.64. The highest BCUT2D eigenvalue weighted by Gasteiger charge is 2.26. The zero-order chi connectivity index (χ0) is 16.5. The van der Waals surface area contributed by atoms with Crippen LogP contribution in [0.3, 0.4) is 0 Å². The molecule has 0 aliphatic carbocycles. The van der Waals surface area contributed by atoms with Gasteiger partial charge in [0.25, 0.3) is 5.91 Å². The lowest BCUT2D eigenvalue weighted by Crippen LogP contribution is -2.42. The van der Waals surface area contributed by atoms with E-state index < -0.39 is 0 Å². The van der Waals surface area contributed by atoms with E-state index in [0.717, 1.165) is 5.56 Å². The average Bonchev–Trinajstić information content (AvgIpc) is 3.09. The predicted octanol–water partition coefficient (Wildman–Crippen LogP) is 2.60. The second kappa shape index (κ2) is 6.22. The Balaban J connectivity index is 1.55. The fraction of sp³-hybridized carbons (Fsp3) is 0.235. The van der Waals surface area contributed by atoms with Crippen molar-refractivity contribution in [2.75, 3.05) is 19.7 Å². The Labute approximate surface area is 143 Å². The maximum Gasteiger partial charge on any atom is 0.254 e. The number of nitrogens with zero attached hydrogens (tertiary/aromatic N) is 4. The number of carbonyl (C=O) groups is 1. The summed E-state index contributed by atoms with van der Waals surface area (Å²) < 4.78 is 7.44. The lowest BCUT2D eigenvalue weighted by molar-refractivity contribution is -0.0228. The van der Waals surface area contributed by atoms with Crippen LogP contribution in [0.4, 0.5) is 0 Å². The van der Waals surface area contributed by atoms with Crippen molar-refractivity contribution in [2.45, 2.75) is 6.10 Å². The molecule has 0 radical (unpaired) electrons. The van der Waals surface area contributed by atoms with Gasteiger partial charge in [-0.1, -0.05) is 23.7 Å². The van der Waals surface area contributed by atoms with Gasteiger partial charge < -0.3 is 9.64 Å². The number of morpholine rings is 1. The van der Waals surface area contributed by atoms with Crippen LogP contribution in [0.25, 0.3) is 5.65 Å². The van der Waals surface area contributed by atoms with Gasteiger partial charge in [-0.2, -0.15) is 5.10 Å². The molecule has 1 aliphatic rings. The third kappa shape index (κ3) is 2.86. The van der Waals surface area contributed by atoms with Gasteiger partial charge in [0.05, 0.1) is 13.2 Å². The van der Waals surface area contributed by atoms with Crippen LogP contribution in [0.2, 0.25) is 5.02 Å². The van der Waals surface area contributed by atoms with Crippen molar-refractivity contribution in [2.24, 2.45) is 0 Å². The van der Waals surface area contributed by atoms with E-state index in [4.69, 9.17) is 16.3 Å². The van der Waals surface area contributed by atoms with Gasteiger partial charge in [-0.05, 0) is 29.8 Å². The minimum absolute atomic E-state index is 0.0316. The summed E-state index contributed by atoms with van der Waals surface area (Å²) in [7, 11) is 0. The standard InChI is InChI=1S/C17H15ClN4O2/c18-14-3-1-2-12(8-14)15-10-21(6-7-24-15)17(23)13-4-5-22-16(9-13)19-11-20-22/h1-5,8-9,11,15H,6-7,10H2. The Morgan fingerprint density at radius 1 is 1.29 bits per heavy atom. The Morgan fingerprint density at radius 2 is 2.21 bits per heavy atom. The molecule has 1 unspecified atom stereocenters. The van der Waals surface area contributed by atoms with E-state index in [-0.39, 0.29) is 12.0 Å². The van der Waals surface area contributed by atoms with Crippen molar-refractivity contribution in [3.63, 3.8) is 0 Å². The minimum atomic E-state index is -0.168. The third-order valence-corrected chi connectivity index (χ3v) is 4.34. The lowest BCUT2D eigenvalue weighted by Gasteiger charge is -2.33. The summed E-state index contributed by atoms with van der Waals surface area (Å²) in [6.45, 7) is 1.56. The molecule has 0 bridgehead atoms. The summed E-state index contributed by atoms with van der Waals surface area (Å²) in [6, 6.07) is 11.1. The third-order valence-electron chi connectivity index (χ3n) is 4.10. The number of amides is 1. The molecule has 6 nitrogen and oxygen atoms in total. The van der Waals surface area contributed by atoms with E-state index in [2.05, 4.69) is 10.1 Å². The smallest absolute Gasteiger partial charge is 0.254 e. The molecule has 1 amide bonds. The zero-order valence-electron chi connectivity index (χ0n) is 12.8. The first-order valence-electron chi connectivity index (χ1n) is 7.66. The topological polar surface area (TPSA) is 59.7 Å². The number of benzene rings is 1. The molecule has 0 saturated carbocycles. The van der Waals surface area contributed by atoms with Crippen molar-refractivity contribution in [1.82, 2.24) is 19.5 Å². The molecule has 2 aromatic heterocycles. The van der Waals surface area contributed by atoms with E-state index in [1.807, 2.05) is 24.3 Å². The van der Waals surface area contributed by atoms with Crippen LogP contribution in [-0.2, 0) is 4.74 Å². The van der Waals surface area contributed by atoms with Crippen LogP contribution in [-0.4, -0.2) is 45.1 Å². The molecule has 0 N–H and O–H groups in total. The zero-order valence-corrected chi connectivity index (χ0v) is 13.6. The number of pyridine rings is 1. The van der Waals surface area contributed by atoms with E-state index >= 15 is 0 Å². The van der Waals surface area contributed by atoms with Gasteiger partial charge in [-0.25, -0.2) is 9.50 Å². The Bertz CT molecular complexity index is 895. The van der Waals surface area contributed by atoms with Crippen molar-refractivity contribution in [1.29, 1.82) is 0 Å². The number of hydrogen-bond donors (Lipinski definition) is 0. The van der Waals surface area contributed by atoms with E-state index in [0.29, 0.717) is 35.9 Å². The summed E-state index contributed by atoms with van der Waals surface area (Å²) in [4.78, 5) is 18.7. The van der Waals surface area contributed by atoms with Crippen LogP contribution >= 0.6 is 11.6 Å².